The zero-order valence-electron chi connectivity index (χ0n) is 14.2. The second-order valence-electron chi connectivity index (χ2n) is 5.26. The lowest BCUT2D eigenvalue weighted by molar-refractivity contribution is 0.312. The lowest BCUT2D eigenvalue weighted by Gasteiger charge is -2.07. The number of methoxy groups -OCH3 is 1. The van der Waals surface area contributed by atoms with Gasteiger partial charge in [0.25, 0.3) is 10.1 Å². The molecule has 26 heavy (non-hydrogen) atoms. The van der Waals surface area contributed by atoms with E-state index in [-0.39, 0.29) is 10.9 Å². The Kier molecular flexibility index (Phi) is 4.92. The molecule has 1 aromatic heterocycles. The third kappa shape index (κ3) is 3.68. The van der Waals surface area contributed by atoms with E-state index in [9.17, 15) is 8.42 Å². The van der Waals surface area contributed by atoms with Crippen molar-refractivity contribution in [3.8, 4) is 28.8 Å². The van der Waals surface area contributed by atoms with Gasteiger partial charge in [-0.2, -0.15) is 13.4 Å². The van der Waals surface area contributed by atoms with Crippen LogP contribution in [0.4, 0.5) is 0 Å². The Bertz CT molecular complexity index is 996. The highest BCUT2D eigenvalue weighted by Gasteiger charge is 2.16. The molecule has 136 valence electrons. The van der Waals surface area contributed by atoms with E-state index in [4.69, 9.17) is 14.0 Å². The van der Waals surface area contributed by atoms with Gasteiger partial charge in [-0.25, -0.2) is 4.68 Å². The molecule has 0 unspecified atom stereocenters. The van der Waals surface area contributed by atoms with Crippen LogP contribution in [0.2, 0.25) is 0 Å². The van der Waals surface area contributed by atoms with Crippen LogP contribution >= 0.6 is 0 Å². The van der Waals surface area contributed by atoms with Crippen LogP contribution < -0.4 is 9.47 Å². The van der Waals surface area contributed by atoms with Crippen molar-refractivity contribution in [1.29, 1.82) is 0 Å². The normalized spacial score (nSPS) is 11.3. The minimum Gasteiger partial charge on any atom is -0.497 e. The van der Waals surface area contributed by atoms with E-state index in [2.05, 4.69) is 10.1 Å². The van der Waals surface area contributed by atoms with Gasteiger partial charge in [0.2, 0.25) is 0 Å². The summed E-state index contributed by atoms with van der Waals surface area (Å²) in [4.78, 5) is 4.20. The highest BCUT2D eigenvalue weighted by molar-refractivity contribution is 7.85. The van der Waals surface area contributed by atoms with Crippen molar-refractivity contribution in [2.24, 2.45) is 0 Å². The van der Waals surface area contributed by atoms with E-state index in [1.54, 1.807) is 23.9 Å². The molecule has 0 amide bonds. The van der Waals surface area contributed by atoms with Crippen LogP contribution in [0.3, 0.4) is 0 Å². The molecule has 0 bridgehead atoms. The van der Waals surface area contributed by atoms with E-state index in [1.807, 2.05) is 19.1 Å². The van der Waals surface area contributed by atoms with Gasteiger partial charge in [0.05, 0.1) is 24.3 Å². The minimum atomic E-state index is -4.26. The molecule has 0 saturated carbocycles. The van der Waals surface area contributed by atoms with E-state index < -0.39 is 10.1 Å². The molecular formula is C17H17N3O5S. The predicted molar refractivity (Wildman–Crippen MR) is 94.3 cm³/mol. The monoisotopic (exact) mass is 375 g/mol. The van der Waals surface area contributed by atoms with Gasteiger partial charge in [-0.1, -0.05) is 0 Å². The van der Waals surface area contributed by atoms with Crippen LogP contribution in [-0.2, 0) is 10.1 Å². The molecular weight excluding hydrogens is 358 g/mol. The van der Waals surface area contributed by atoms with Gasteiger partial charge < -0.3 is 9.47 Å². The summed E-state index contributed by atoms with van der Waals surface area (Å²) in [5.41, 5.74) is 1.35. The van der Waals surface area contributed by atoms with Gasteiger partial charge >= 0.3 is 6.01 Å². The van der Waals surface area contributed by atoms with Crippen LogP contribution in [0.25, 0.3) is 17.1 Å². The summed E-state index contributed by atoms with van der Waals surface area (Å²) in [7, 11) is -2.67. The first-order valence-corrected chi connectivity index (χ1v) is 9.18. The van der Waals surface area contributed by atoms with E-state index >= 15 is 0 Å². The summed E-state index contributed by atoms with van der Waals surface area (Å²) >= 11 is 0. The third-order valence-corrected chi connectivity index (χ3v) is 4.46. The van der Waals surface area contributed by atoms with Gasteiger partial charge in [0.1, 0.15) is 5.75 Å². The van der Waals surface area contributed by atoms with Crippen molar-refractivity contribution in [2.45, 2.75) is 11.8 Å². The molecule has 0 aliphatic rings. The van der Waals surface area contributed by atoms with Crippen LogP contribution in [0.15, 0.2) is 53.4 Å². The highest BCUT2D eigenvalue weighted by atomic mass is 32.2. The average molecular weight is 375 g/mol. The van der Waals surface area contributed by atoms with Crippen molar-refractivity contribution in [3.63, 3.8) is 0 Å². The fraction of sp³-hybridized carbons (Fsp3) is 0.176. The van der Waals surface area contributed by atoms with Crippen molar-refractivity contribution >= 4 is 10.1 Å². The molecule has 0 aliphatic heterocycles. The lowest BCUT2D eigenvalue weighted by atomic mass is 10.2. The van der Waals surface area contributed by atoms with Gasteiger partial charge in [0.15, 0.2) is 5.82 Å². The smallest absolute Gasteiger partial charge is 0.336 e. The molecule has 0 fully saturated rings. The second-order valence-corrected chi connectivity index (χ2v) is 6.68. The topological polar surface area (TPSA) is 104 Å². The SMILES string of the molecule is CCOc1nc(-c2ccc(OC)cc2)n(-c2ccc(S(=O)(=O)O)cc2)n1. The van der Waals surface area contributed by atoms with Crippen LogP contribution in [0.5, 0.6) is 11.8 Å². The van der Waals surface area contributed by atoms with Gasteiger partial charge in [-0.15, -0.1) is 5.10 Å². The Morgan fingerprint density at radius 3 is 2.27 bits per heavy atom. The van der Waals surface area contributed by atoms with Crippen molar-refractivity contribution in [1.82, 2.24) is 14.8 Å². The fourth-order valence-electron chi connectivity index (χ4n) is 2.35. The average Bonchev–Trinajstić information content (AvgIpc) is 3.05. The standard InChI is InChI=1S/C17H17N3O5S/c1-3-25-17-18-16(12-4-8-14(24-2)9-5-12)20(19-17)13-6-10-15(11-7-13)26(21,22)23/h4-11H,3H2,1-2H3,(H,21,22,23). The number of hydrogen-bond acceptors (Lipinski definition) is 6. The Hall–Kier alpha value is -2.91. The number of ether oxygens (including phenoxy) is 2. The first-order chi connectivity index (χ1) is 12.4. The molecule has 0 saturated heterocycles. The maximum atomic E-state index is 11.2. The molecule has 1 heterocycles. The van der Waals surface area contributed by atoms with Crippen molar-refractivity contribution in [3.05, 3.63) is 48.5 Å². The summed E-state index contributed by atoms with van der Waals surface area (Å²) in [5.74, 6) is 1.23. The van der Waals surface area contributed by atoms with E-state index in [1.165, 1.54) is 24.3 Å². The molecule has 0 spiro atoms. The first kappa shape index (κ1) is 17.9. The molecule has 3 aromatic rings. The quantitative estimate of drug-likeness (QED) is 0.660. The number of benzene rings is 2. The van der Waals surface area contributed by atoms with Crippen LogP contribution in [0, 0.1) is 0 Å². The van der Waals surface area contributed by atoms with Crippen molar-refractivity contribution < 1.29 is 22.4 Å². The molecule has 0 atom stereocenters. The molecule has 0 radical (unpaired) electrons. The lowest BCUT2D eigenvalue weighted by Crippen LogP contribution is -2.02. The summed E-state index contributed by atoms with van der Waals surface area (Å²) in [6.07, 6.45) is 0. The number of nitrogens with zero attached hydrogens (tertiary/aromatic N) is 3. The summed E-state index contributed by atoms with van der Waals surface area (Å²) in [6.45, 7) is 2.24. The molecule has 0 aliphatic carbocycles. The molecule has 1 N–H and O–H groups in total. The van der Waals surface area contributed by atoms with Crippen molar-refractivity contribution in [2.75, 3.05) is 13.7 Å². The predicted octanol–water partition coefficient (Wildman–Crippen LogP) is 2.59. The maximum absolute atomic E-state index is 11.2. The number of aromatic nitrogens is 3. The van der Waals surface area contributed by atoms with Gasteiger partial charge in [0, 0.05) is 5.56 Å². The number of hydrogen-bond donors (Lipinski definition) is 1. The maximum Gasteiger partial charge on any atom is 0.336 e. The van der Waals surface area contributed by atoms with E-state index in [0.717, 1.165) is 5.56 Å². The molecule has 8 nitrogen and oxygen atoms in total. The largest absolute Gasteiger partial charge is 0.497 e. The van der Waals surface area contributed by atoms with Gasteiger partial charge in [-0.3, -0.25) is 4.55 Å². The number of rotatable bonds is 6. The first-order valence-electron chi connectivity index (χ1n) is 7.74. The minimum absolute atomic E-state index is 0.197. The second kappa shape index (κ2) is 7.14. The van der Waals surface area contributed by atoms with E-state index in [0.29, 0.717) is 23.9 Å². The Morgan fingerprint density at radius 2 is 1.73 bits per heavy atom. The molecule has 3 rings (SSSR count). The summed E-state index contributed by atoms with van der Waals surface area (Å²) in [6, 6.07) is 13.1. The Labute approximate surface area is 150 Å². The highest BCUT2D eigenvalue weighted by Crippen LogP contribution is 2.26. The van der Waals surface area contributed by atoms with Crippen LogP contribution in [0.1, 0.15) is 6.92 Å². The zero-order valence-corrected chi connectivity index (χ0v) is 15.0. The van der Waals surface area contributed by atoms with Gasteiger partial charge in [-0.05, 0) is 55.5 Å². The molecule has 2 aromatic carbocycles. The fourth-order valence-corrected chi connectivity index (χ4v) is 2.83. The zero-order chi connectivity index (χ0) is 18.7. The Morgan fingerprint density at radius 1 is 1.08 bits per heavy atom. The Balaban J connectivity index is 2.07. The summed E-state index contributed by atoms with van der Waals surface area (Å²) < 4.78 is 43.6. The third-order valence-electron chi connectivity index (χ3n) is 3.59. The van der Waals surface area contributed by atoms with Crippen LogP contribution in [-0.4, -0.2) is 41.5 Å². The summed E-state index contributed by atoms with van der Waals surface area (Å²) in [5, 5.41) is 4.32. The molecule has 9 heteroatoms.